The fourth-order valence-electron chi connectivity index (χ4n) is 2.51. The number of nitro groups is 1. The van der Waals surface area contributed by atoms with Gasteiger partial charge in [-0.1, -0.05) is 25.5 Å². The molecule has 0 bridgehead atoms. The first-order valence-corrected chi connectivity index (χ1v) is 10.0. The van der Waals surface area contributed by atoms with Crippen molar-refractivity contribution in [1.29, 1.82) is 0 Å². The van der Waals surface area contributed by atoms with Crippen LogP contribution in [0, 0.1) is 10.1 Å². The number of nitro benzene ring substituents is 1. The summed E-state index contributed by atoms with van der Waals surface area (Å²) in [6, 6.07) is 9.46. The molecule has 28 heavy (non-hydrogen) atoms. The Morgan fingerprint density at radius 1 is 1.25 bits per heavy atom. The number of benzene rings is 2. The number of para-hydroxylation sites is 1. The summed E-state index contributed by atoms with van der Waals surface area (Å²) in [5.74, 6) is -0.227. The van der Waals surface area contributed by atoms with Gasteiger partial charge in [0.05, 0.1) is 22.0 Å². The third-order valence-electron chi connectivity index (χ3n) is 4.13. The Balaban J connectivity index is 2.38. The molecule has 0 atom stereocenters. The minimum atomic E-state index is -4.20. The van der Waals surface area contributed by atoms with Gasteiger partial charge in [-0.25, -0.2) is 8.42 Å². The highest BCUT2D eigenvalue weighted by Crippen LogP contribution is 2.31. The highest BCUT2D eigenvalue weighted by molar-refractivity contribution is 7.93. The summed E-state index contributed by atoms with van der Waals surface area (Å²) in [5, 5.41) is 13.9. The Morgan fingerprint density at radius 3 is 2.57 bits per heavy atom. The molecule has 3 N–H and O–H groups in total. The number of nitrogens with one attached hydrogen (secondary N) is 1. The van der Waals surface area contributed by atoms with Crippen LogP contribution < -0.4 is 15.4 Å². The molecule has 0 aliphatic carbocycles. The van der Waals surface area contributed by atoms with Gasteiger partial charge < -0.3 is 11.1 Å². The van der Waals surface area contributed by atoms with Gasteiger partial charge in [0.15, 0.2) is 4.90 Å². The summed E-state index contributed by atoms with van der Waals surface area (Å²) >= 11 is 0. The van der Waals surface area contributed by atoms with E-state index < -0.39 is 25.5 Å². The molecule has 0 aliphatic rings. The maximum Gasteiger partial charge on any atom is 0.289 e. The molecule has 1 amide bonds. The first-order chi connectivity index (χ1) is 13.2. The predicted molar refractivity (Wildman–Crippen MR) is 108 cm³/mol. The number of anilines is 3. The topological polar surface area (TPSA) is 136 Å². The predicted octanol–water partition coefficient (Wildman–Crippen LogP) is 3.13. The molecule has 0 aliphatic heterocycles. The number of unbranched alkanes of at least 4 members (excludes halogenated alkanes) is 1. The van der Waals surface area contributed by atoms with E-state index >= 15 is 0 Å². The Hall–Kier alpha value is -3.14. The number of nitrogens with two attached hydrogens (primary N) is 1. The Bertz CT molecular complexity index is 991. The lowest BCUT2D eigenvalue weighted by Gasteiger charge is -2.21. The summed E-state index contributed by atoms with van der Waals surface area (Å²) in [7, 11) is -2.92. The van der Waals surface area contributed by atoms with E-state index in [0.29, 0.717) is 6.42 Å². The van der Waals surface area contributed by atoms with Gasteiger partial charge >= 0.3 is 0 Å². The molecule has 10 heteroatoms. The van der Waals surface area contributed by atoms with Crippen LogP contribution in [0.1, 0.15) is 26.2 Å². The normalized spacial score (nSPS) is 11.1. The number of sulfonamides is 1. The third-order valence-corrected chi connectivity index (χ3v) is 5.97. The lowest BCUT2D eigenvalue weighted by Crippen LogP contribution is -2.27. The minimum absolute atomic E-state index is 0.207. The largest absolute Gasteiger partial charge is 0.397 e. The van der Waals surface area contributed by atoms with Crippen LogP contribution in [0.3, 0.4) is 0 Å². The monoisotopic (exact) mass is 406 g/mol. The highest BCUT2D eigenvalue weighted by Gasteiger charge is 2.29. The first kappa shape index (κ1) is 21.2. The van der Waals surface area contributed by atoms with Crippen molar-refractivity contribution in [2.45, 2.75) is 31.1 Å². The van der Waals surface area contributed by atoms with Crippen LogP contribution in [-0.2, 0) is 14.8 Å². The molecule has 2 aromatic rings. The van der Waals surface area contributed by atoms with E-state index in [0.717, 1.165) is 23.2 Å². The summed E-state index contributed by atoms with van der Waals surface area (Å²) in [5.41, 5.74) is 6.13. The molecular formula is C18H22N4O5S. The van der Waals surface area contributed by atoms with Crippen molar-refractivity contribution in [2.75, 3.05) is 22.4 Å². The molecule has 0 heterocycles. The van der Waals surface area contributed by atoms with Gasteiger partial charge in [-0.05, 0) is 30.7 Å². The molecule has 9 nitrogen and oxygen atoms in total. The molecule has 0 saturated carbocycles. The number of rotatable bonds is 8. The van der Waals surface area contributed by atoms with E-state index in [-0.39, 0.29) is 23.0 Å². The number of amides is 1. The van der Waals surface area contributed by atoms with E-state index in [1.165, 1.54) is 43.4 Å². The molecule has 2 rings (SSSR count). The van der Waals surface area contributed by atoms with Crippen molar-refractivity contribution in [3.63, 3.8) is 0 Å². The van der Waals surface area contributed by atoms with Crippen LogP contribution in [0.5, 0.6) is 0 Å². The second-order valence-electron chi connectivity index (χ2n) is 6.12. The number of carbonyl (C=O) groups is 1. The molecule has 2 aromatic carbocycles. The van der Waals surface area contributed by atoms with Gasteiger partial charge in [0.1, 0.15) is 0 Å². The van der Waals surface area contributed by atoms with E-state index in [4.69, 9.17) is 5.73 Å². The average Bonchev–Trinajstić information content (AvgIpc) is 2.67. The van der Waals surface area contributed by atoms with Crippen LogP contribution in [0.25, 0.3) is 0 Å². The number of nitrogens with zero attached hydrogens (tertiary/aromatic N) is 2. The van der Waals surface area contributed by atoms with Gasteiger partial charge in [-0.15, -0.1) is 0 Å². The quantitative estimate of drug-likeness (QED) is 0.393. The SMILES string of the molecule is CCCCC(=O)Nc1cc(N(C)S(=O)(=O)c2ccccc2[N+](=O)[O-])ccc1N. The van der Waals surface area contributed by atoms with Crippen LogP contribution in [-0.4, -0.2) is 26.3 Å². The second-order valence-corrected chi connectivity index (χ2v) is 8.06. The molecule has 0 unspecified atom stereocenters. The molecule has 0 fully saturated rings. The Labute approximate surface area is 163 Å². The van der Waals surface area contributed by atoms with Crippen molar-refractivity contribution in [2.24, 2.45) is 0 Å². The van der Waals surface area contributed by atoms with Crippen LogP contribution >= 0.6 is 0 Å². The standard InChI is InChI=1S/C18H22N4O5S/c1-3-4-9-18(23)20-15-12-13(10-11-14(15)19)21(2)28(26,27)17-8-6-5-7-16(17)22(24)25/h5-8,10-12H,3-4,9,19H2,1-2H3,(H,20,23). The fourth-order valence-corrected chi connectivity index (χ4v) is 3.85. The van der Waals surface area contributed by atoms with E-state index in [2.05, 4.69) is 5.32 Å². The zero-order chi connectivity index (χ0) is 20.9. The van der Waals surface area contributed by atoms with Crippen LogP contribution in [0.4, 0.5) is 22.7 Å². The second kappa shape index (κ2) is 8.70. The molecule has 0 aromatic heterocycles. The maximum absolute atomic E-state index is 12.9. The van der Waals surface area contributed by atoms with E-state index in [1.807, 2.05) is 6.92 Å². The highest BCUT2D eigenvalue weighted by atomic mass is 32.2. The first-order valence-electron chi connectivity index (χ1n) is 8.60. The summed E-state index contributed by atoms with van der Waals surface area (Å²) in [6.07, 6.45) is 1.90. The fraction of sp³-hybridized carbons (Fsp3) is 0.278. The minimum Gasteiger partial charge on any atom is -0.397 e. The molecular weight excluding hydrogens is 384 g/mol. The van der Waals surface area contributed by atoms with Gasteiger partial charge in [0.25, 0.3) is 15.7 Å². The lowest BCUT2D eigenvalue weighted by atomic mass is 10.2. The number of nitrogen functional groups attached to an aromatic ring is 1. The van der Waals surface area contributed by atoms with Crippen LogP contribution in [0.15, 0.2) is 47.4 Å². The lowest BCUT2D eigenvalue weighted by molar-refractivity contribution is -0.387. The molecule has 0 radical (unpaired) electrons. The zero-order valence-corrected chi connectivity index (χ0v) is 16.4. The molecule has 0 saturated heterocycles. The summed E-state index contributed by atoms with van der Waals surface area (Å²) in [4.78, 5) is 22.0. The van der Waals surface area contributed by atoms with Crippen molar-refractivity contribution < 1.29 is 18.1 Å². The Morgan fingerprint density at radius 2 is 1.93 bits per heavy atom. The van der Waals surface area contributed by atoms with Crippen molar-refractivity contribution in [3.05, 3.63) is 52.6 Å². The van der Waals surface area contributed by atoms with Crippen molar-refractivity contribution in [3.8, 4) is 0 Å². The van der Waals surface area contributed by atoms with Crippen molar-refractivity contribution >= 4 is 38.7 Å². The number of hydrogen-bond acceptors (Lipinski definition) is 6. The van der Waals surface area contributed by atoms with Gasteiger partial charge in [0, 0.05) is 19.5 Å². The smallest absolute Gasteiger partial charge is 0.289 e. The molecule has 150 valence electrons. The molecule has 0 spiro atoms. The third kappa shape index (κ3) is 4.58. The van der Waals surface area contributed by atoms with E-state index in [9.17, 15) is 23.3 Å². The van der Waals surface area contributed by atoms with E-state index in [1.54, 1.807) is 0 Å². The average molecular weight is 406 g/mol. The zero-order valence-electron chi connectivity index (χ0n) is 15.6. The van der Waals surface area contributed by atoms with Crippen LogP contribution in [0.2, 0.25) is 0 Å². The number of hydrogen-bond donors (Lipinski definition) is 2. The Kier molecular flexibility index (Phi) is 6.57. The number of carbonyl (C=O) groups excluding carboxylic acids is 1. The summed E-state index contributed by atoms with van der Waals surface area (Å²) < 4.78 is 26.8. The van der Waals surface area contributed by atoms with Gasteiger partial charge in [-0.3, -0.25) is 19.2 Å². The van der Waals surface area contributed by atoms with Gasteiger partial charge in [0.2, 0.25) is 5.91 Å². The van der Waals surface area contributed by atoms with Crippen molar-refractivity contribution in [1.82, 2.24) is 0 Å². The maximum atomic E-state index is 12.9. The van der Waals surface area contributed by atoms with Gasteiger partial charge in [-0.2, -0.15) is 0 Å². The summed E-state index contributed by atoms with van der Waals surface area (Å²) in [6.45, 7) is 1.96.